The number of allylic oxidation sites excluding steroid dienone is 6. The summed E-state index contributed by atoms with van der Waals surface area (Å²) in [6, 6.07) is 0. The molecule has 7 atom stereocenters. The highest BCUT2D eigenvalue weighted by molar-refractivity contribution is 5.88. The fourth-order valence-electron chi connectivity index (χ4n) is 7.24. The van der Waals surface area contributed by atoms with Crippen molar-refractivity contribution in [3.63, 3.8) is 0 Å². The average Bonchev–Trinajstić information content (AvgIpc) is 3.06. The van der Waals surface area contributed by atoms with Gasteiger partial charge in [-0.2, -0.15) is 0 Å². The predicted molar refractivity (Wildman–Crippen MR) is 146 cm³/mol. The topological polar surface area (TPSA) is 63.6 Å². The molecule has 3 rings (SSSR count). The molecule has 4 heteroatoms. The van der Waals surface area contributed by atoms with Crippen molar-refractivity contribution in [2.45, 2.75) is 105 Å². The van der Waals surface area contributed by atoms with Crippen LogP contribution in [0.15, 0.2) is 47.6 Å². The Labute approximate surface area is 219 Å². The van der Waals surface area contributed by atoms with Gasteiger partial charge in [0.05, 0.1) is 6.10 Å². The number of hydrogen-bond donors (Lipinski definition) is 1. The number of rotatable bonds is 7. The van der Waals surface area contributed by atoms with Crippen LogP contribution in [0.2, 0.25) is 0 Å². The Kier molecular flexibility index (Phi) is 8.91. The van der Waals surface area contributed by atoms with Gasteiger partial charge in [-0.15, -0.1) is 0 Å². The van der Waals surface area contributed by atoms with Crippen molar-refractivity contribution >= 4 is 11.8 Å². The molecular weight excluding hydrogens is 448 g/mol. The van der Waals surface area contributed by atoms with Crippen molar-refractivity contribution < 1.29 is 19.4 Å². The molecule has 0 amide bonds. The van der Waals surface area contributed by atoms with E-state index in [4.69, 9.17) is 4.74 Å². The highest BCUT2D eigenvalue weighted by Gasteiger charge is 2.66. The molecule has 0 heterocycles. The Morgan fingerprint density at radius 2 is 1.81 bits per heavy atom. The van der Waals surface area contributed by atoms with Gasteiger partial charge < -0.3 is 9.84 Å². The molecule has 0 spiro atoms. The van der Waals surface area contributed by atoms with Gasteiger partial charge in [0, 0.05) is 19.3 Å². The number of fused-ring (bicyclic) bond motifs is 1. The Bertz CT molecular complexity index is 953. The van der Waals surface area contributed by atoms with Crippen LogP contribution in [0.3, 0.4) is 0 Å². The standard InChI is InChI=1S/C32H48O4/c1-20(2)21(3)11-12-23(5)30-31(8)17-9-10-26(14-15-27-18-28(35)16-13-22(27)4)29(31)19-32(30,24(6)33)36-25(7)34/h11-12,14-15,20-21,23,28-30,35H,4,9-10,13,16-19H2,1-3,5-8H3/b12-11+,26-14+,27-15+/t21-,23+,28-,29?,30-,31+,32?/m0/s1. The van der Waals surface area contributed by atoms with E-state index in [1.807, 2.05) is 0 Å². The predicted octanol–water partition coefficient (Wildman–Crippen LogP) is 7.14. The molecule has 1 N–H and O–H groups in total. The van der Waals surface area contributed by atoms with Crippen LogP contribution in [0.25, 0.3) is 0 Å². The van der Waals surface area contributed by atoms with Gasteiger partial charge in [0.25, 0.3) is 0 Å². The van der Waals surface area contributed by atoms with Crippen LogP contribution in [0.4, 0.5) is 0 Å². The molecule has 0 aromatic carbocycles. The van der Waals surface area contributed by atoms with Gasteiger partial charge in [-0.25, -0.2) is 0 Å². The van der Waals surface area contributed by atoms with Crippen LogP contribution < -0.4 is 0 Å². The molecule has 200 valence electrons. The lowest BCUT2D eigenvalue weighted by molar-refractivity contribution is -0.173. The van der Waals surface area contributed by atoms with E-state index in [0.29, 0.717) is 24.7 Å². The number of aliphatic hydroxyl groups is 1. The van der Waals surface area contributed by atoms with Crippen molar-refractivity contribution in [3.8, 4) is 0 Å². The maximum absolute atomic E-state index is 13.4. The maximum Gasteiger partial charge on any atom is 0.303 e. The molecule has 3 aliphatic carbocycles. The number of Topliss-reactive ketones (excluding diaryl/α,β-unsaturated/α-hetero) is 1. The highest BCUT2D eigenvalue weighted by Crippen LogP contribution is 2.64. The molecule has 36 heavy (non-hydrogen) atoms. The molecule has 3 fully saturated rings. The Balaban J connectivity index is 2.06. The summed E-state index contributed by atoms with van der Waals surface area (Å²) in [5.41, 5.74) is 2.29. The zero-order valence-electron chi connectivity index (χ0n) is 23.6. The summed E-state index contributed by atoms with van der Waals surface area (Å²) >= 11 is 0. The number of ketones is 1. The maximum atomic E-state index is 13.4. The quantitative estimate of drug-likeness (QED) is 0.300. The van der Waals surface area contributed by atoms with Gasteiger partial charge in [0.1, 0.15) is 0 Å². The largest absolute Gasteiger partial charge is 0.451 e. The molecule has 0 aromatic rings. The minimum Gasteiger partial charge on any atom is -0.451 e. The molecule has 0 saturated heterocycles. The molecular formula is C32H48O4. The number of hydrogen-bond acceptors (Lipinski definition) is 4. The number of carbonyl (C=O) groups excluding carboxylic acids is 2. The van der Waals surface area contributed by atoms with Gasteiger partial charge in [-0.3, -0.25) is 9.59 Å². The first-order valence-electron chi connectivity index (χ1n) is 14.0. The summed E-state index contributed by atoms with van der Waals surface area (Å²) in [5, 5.41) is 10.2. The number of aliphatic hydroxyl groups excluding tert-OH is 1. The third kappa shape index (κ3) is 5.64. The number of carbonyl (C=O) groups is 2. The average molecular weight is 497 g/mol. The van der Waals surface area contributed by atoms with Gasteiger partial charge >= 0.3 is 5.97 Å². The highest BCUT2D eigenvalue weighted by atomic mass is 16.6. The third-order valence-electron chi connectivity index (χ3n) is 9.55. The summed E-state index contributed by atoms with van der Waals surface area (Å²) in [6.07, 6.45) is 14.4. The lowest BCUT2D eigenvalue weighted by Gasteiger charge is -2.46. The molecule has 0 bridgehead atoms. The molecule has 0 aromatic heterocycles. The van der Waals surface area contributed by atoms with Crippen LogP contribution in [-0.2, 0) is 14.3 Å². The monoisotopic (exact) mass is 496 g/mol. The van der Waals surface area contributed by atoms with Gasteiger partial charge in [0.15, 0.2) is 11.4 Å². The molecule has 0 aliphatic heterocycles. The van der Waals surface area contributed by atoms with E-state index in [1.165, 1.54) is 12.5 Å². The van der Waals surface area contributed by atoms with Crippen LogP contribution in [0.5, 0.6) is 0 Å². The van der Waals surface area contributed by atoms with E-state index in [0.717, 1.165) is 43.3 Å². The van der Waals surface area contributed by atoms with Gasteiger partial charge in [-0.1, -0.05) is 76.6 Å². The zero-order chi connectivity index (χ0) is 26.8. The fourth-order valence-corrected chi connectivity index (χ4v) is 7.24. The van der Waals surface area contributed by atoms with Crippen LogP contribution in [0, 0.1) is 35.0 Å². The van der Waals surface area contributed by atoms with E-state index < -0.39 is 5.60 Å². The second-order valence-electron chi connectivity index (χ2n) is 12.4. The van der Waals surface area contributed by atoms with Crippen molar-refractivity contribution in [2.24, 2.45) is 35.0 Å². The normalized spacial score (nSPS) is 36.9. The van der Waals surface area contributed by atoms with Crippen LogP contribution in [-0.4, -0.2) is 28.6 Å². The van der Waals surface area contributed by atoms with E-state index in [9.17, 15) is 14.7 Å². The summed E-state index contributed by atoms with van der Waals surface area (Å²) in [6.45, 7) is 18.4. The lowest BCUT2D eigenvalue weighted by atomic mass is 9.59. The smallest absolute Gasteiger partial charge is 0.303 e. The van der Waals surface area contributed by atoms with Gasteiger partial charge in [-0.05, 0) is 80.1 Å². The third-order valence-corrected chi connectivity index (χ3v) is 9.55. The Morgan fingerprint density at radius 1 is 1.11 bits per heavy atom. The molecule has 3 aliphatic rings. The van der Waals surface area contributed by atoms with Crippen molar-refractivity contribution in [1.29, 1.82) is 0 Å². The van der Waals surface area contributed by atoms with Crippen LogP contribution in [0.1, 0.15) is 93.4 Å². The van der Waals surface area contributed by atoms with Crippen molar-refractivity contribution in [2.75, 3.05) is 0 Å². The molecule has 2 unspecified atom stereocenters. The van der Waals surface area contributed by atoms with Gasteiger partial charge in [0.2, 0.25) is 0 Å². The minimum atomic E-state index is -1.11. The summed E-state index contributed by atoms with van der Waals surface area (Å²) in [7, 11) is 0. The number of esters is 1. The SMILES string of the molecule is C=C1CC[C@H](O)C/C1=C\C=C1/CCC[C@]2(C)C1CC(OC(C)=O)(C(C)=O)[C@H]2[C@H](C)/C=C/[C@H](C)C(C)C. The first kappa shape index (κ1) is 28.6. The van der Waals surface area contributed by atoms with Crippen LogP contribution >= 0.6 is 0 Å². The zero-order valence-corrected chi connectivity index (χ0v) is 23.6. The van der Waals surface area contributed by atoms with E-state index in [-0.39, 0.29) is 41.0 Å². The number of ether oxygens (including phenoxy) is 1. The molecule has 4 nitrogen and oxygen atoms in total. The molecule has 0 radical (unpaired) electrons. The first-order chi connectivity index (χ1) is 16.8. The summed E-state index contributed by atoms with van der Waals surface area (Å²) in [4.78, 5) is 25.7. The first-order valence-corrected chi connectivity index (χ1v) is 14.0. The summed E-state index contributed by atoms with van der Waals surface area (Å²) in [5.74, 6) is 0.713. The second kappa shape index (κ2) is 11.2. The Morgan fingerprint density at radius 3 is 2.42 bits per heavy atom. The minimum absolute atomic E-state index is 0.0445. The summed E-state index contributed by atoms with van der Waals surface area (Å²) < 4.78 is 6.07. The second-order valence-corrected chi connectivity index (χ2v) is 12.4. The Hall–Kier alpha value is -1.94. The fraction of sp³-hybridized carbons (Fsp3) is 0.688. The van der Waals surface area contributed by atoms with Crippen molar-refractivity contribution in [3.05, 3.63) is 47.6 Å². The van der Waals surface area contributed by atoms with E-state index in [1.54, 1.807) is 6.92 Å². The molecule has 3 saturated carbocycles. The van der Waals surface area contributed by atoms with Crippen molar-refractivity contribution in [1.82, 2.24) is 0 Å². The van der Waals surface area contributed by atoms with E-state index >= 15 is 0 Å². The van der Waals surface area contributed by atoms with E-state index in [2.05, 4.69) is 65.5 Å². The lowest BCUT2D eigenvalue weighted by Crippen LogP contribution is -2.50.